The number of hydrogen-bond donors (Lipinski definition) is 1. The van der Waals surface area contributed by atoms with Crippen molar-refractivity contribution < 1.29 is 14.0 Å². The fourth-order valence-electron chi connectivity index (χ4n) is 3.39. The standard InChI is InChI=1S/C25H25FN2O2/c1-27-25(30)24(21-10-6-3-7-11-21)28(18-20-12-15-22(26)16-13-20)23(29)17-14-19-8-4-2-5-9-19/h2-13,15-16,24H,14,17-18H2,1H3,(H,27,30). The third kappa shape index (κ3) is 5.54. The Balaban J connectivity index is 1.90. The van der Waals surface area contributed by atoms with Crippen molar-refractivity contribution in [2.24, 2.45) is 0 Å². The van der Waals surface area contributed by atoms with Gasteiger partial charge in [0.05, 0.1) is 0 Å². The Morgan fingerprint density at radius 1 is 0.867 bits per heavy atom. The smallest absolute Gasteiger partial charge is 0.247 e. The zero-order valence-corrected chi connectivity index (χ0v) is 16.9. The van der Waals surface area contributed by atoms with E-state index >= 15 is 0 Å². The van der Waals surface area contributed by atoms with Crippen LogP contribution in [-0.4, -0.2) is 23.8 Å². The van der Waals surface area contributed by atoms with Crippen molar-refractivity contribution >= 4 is 11.8 Å². The van der Waals surface area contributed by atoms with E-state index in [1.807, 2.05) is 60.7 Å². The van der Waals surface area contributed by atoms with Gasteiger partial charge in [0.15, 0.2) is 0 Å². The normalized spacial score (nSPS) is 11.5. The minimum atomic E-state index is -0.774. The first-order valence-electron chi connectivity index (χ1n) is 9.93. The van der Waals surface area contributed by atoms with Crippen molar-refractivity contribution in [2.75, 3.05) is 7.05 Å². The van der Waals surface area contributed by atoms with E-state index in [9.17, 15) is 14.0 Å². The van der Waals surface area contributed by atoms with Gasteiger partial charge in [-0.3, -0.25) is 9.59 Å². The summed E-state index contributed by atoms with van der Waals surface area (Å²) < 4.78 is 13.4. The van der Waals surface area contributed by atoms with Gasteiger partial charge in [-0.1, -0.05) is 72.8 Å². The quantitative estimate of drug-likeness (QED) is 0.609. The van der Waals surface area contributed by atoms with Gasteiger partial charge < -0.3 is 10.2 Å². The molecular weight excluding hydrogens is 379 g/mol. The predicted molar refractivity (Wildman–Crippen MR) is 115 cm³/mol. The summed E-state index contributed by atoms with van der Waals surface area (Å²) in [7, 11) is 1.56. The number of carbonyl (C=O) groups excluding carboxylic acids is 2. The topological polar surface area (TPSA) is 49.4 Å². The second-order valence-electron chi connectivity index (χ2n) is 7.06. The molecule has 0 radical (unpaired) electrons. The van der Waals surface area contributed by atoms with E-state index in [-0.39, 0.29) is 30.6 Å². The summed E-state index contributed by atoms with van der Waals surface area (Å²) in [5.41, 5.74) is 2.55. The maximum absolute atomic E-state index is 13.4. The largest absolute Gasteiger partial charge is 0.357 e. The zero-order valence-electron chi connectivity index (χ0n) is 16.9. The maximum Gasteiger partial charge on any atom is 0.247 e. The molecule has 1 N–H and O–H groups in total. The Morgan fingerprint density at radius 3 is 2.07 bits per heavy atom. The molecule has 0 saturated carbocycles. The monoisotopic (exact) mass is 404 g/mol. The first-order valence-corrected chi connectivity index (χ1v) is 9.93. The van der Waals surface area contributed by atoms with Gasteiger partial charge in [0.2, 0.25) is 11.8 Å². The molecule has 0 aliphatic heterocycles. The van der Waals surface area contributed by atoms with Crippen LogP contribution in [0, 0.1) is 5.82 Å². The Kier molecular flexibility index (Phi) is 7.33. The lowest BCUT2D eigenvalue weighted by atomic mass is 10.0. The Hall–Kier alpha value is -3.47. The Bertz CT molecular complexity index is 959. The SMILES string of the molecule is CNC(=O)C(c1ccccc1)N(Cc1ccc(F)cc1)C(=O)CCc1ccccc1. The average molecular weight is 404 g/mol. The van der Waals surface area contributed by atoms with Crippen molar-refractivity contribution in [3.8, 4) is 0 Å². The molecule has 154 valence electrons. The van der Waals surface area contributed by atoms with Gasteiger partial charge in [-0.15, -0.1) is 0 Å². The third-order valence-corrected chi connectivity index (χ3v) is 4.98. The first kappa shape index (κ1) is 21.2. The minimum Gasteiger partial charge on any atom is -0.357 e. The molecule has 0 aromatic heterocycles. The molecule has 0 bridgehead atoms. The number of aryl methyl sites for hydroxylation is 1. The average Bonchev–Trinajstić information content (AvgIpc) is 2.79. The summed E-state index contributed by atoms with van der Waals surface area (Å²) in [5, 5.41) is 2.67. The van der Waals surface area contributed by atoms with Crippen LogP contribution >= 0.6 is 0 Å². The van der Waals surface area contributed by atoms with E-state index in [0.717, 1.165) is 16.7 Å². The lowest BCUT2D eigenvalue weighted by Crippen LogP contribution is -2.42. The molecule has 4 nitrogen and oxygen atoms in total. The summed E-state index contributed by atoms with van der Waals surface area (Å²) in [6.07, 6.45) is 0.848. The molecule has 1 unspecified atom stereocenters. The minimum absolute atomic E-state index is 0.138. The summed E-state index contributed by atoms with van der Waals surface area (Å²) in [6.45, 7) is 0.209. The van der Waals surface area contributed by atoms with Crippen molar-refractivity contribution in [3.63, 3.8) is 0 Å². The summed E-state index contributed by atoms with van der Waals surface area (Å²) in [5.74, 6) is -0.747. The number of hydrogen-bond acceptors (Lipinski definition) is 2. The number of likely N-dealkylation sites (N-methyl/N-ethyl adjacent to an activating group) is 1. The highest BCUT2D eigenvalue weighted by Gasteiger charge is 2.30. The molecule has 0 spiro atoms. The van der Waals surface area contributed by atoms with Gasteiger partial charge in [0.25, 0.3) is 0 Å². The van der Waals surface area contributed by atoms with Crippen LogP contribution in [0.4, 0.5) is 4.39 Å². The molecule has 0 fully saturated rings. The van der Waals surface area contributed by atoms with E-state index < -0.39 is 6.04 Å². The first-order chi connectivity index (χ1) is 14.6. The lowest BCUT2D eigenvalue weighted by Gasteiger charge is -2.31. The molecule has 30 heavy (non-hydrogen) atoms. The molecule has 3 aromatic carbocycles. The molecule has 3 rings (SSSR count). The molecule has 5 heteroatoms. The number of carbonyl (C=O) groups is 2. The molecule has 0 saturated heterocycles. The van der Waals surface area contributed by atoms with Gasteiger partial charge in [0, 0.05) is 20.0 Å². The van der Waals surface area contributed by atoms with Gasteiger partial charge >= 0.3 is 0 Å². The summed E-state index contributed by atoms with van der Waals surface area (Å²) in [6, 6.07) is 24.2. The maximum atomic E-state index is 13.4. The molecule has 3 aromatic rings. The molecule has 0 aliphatic rings. The Labute approximate surface area is 176 Å². The summed E-state index contributed by atoms with van der Waals surface area (Å²) >= 11 is 0. The van der Waals surface area contributed by atoms with E-state index in [4.69, 9.17) is 0 Å². The second kappa shape index (κ2) is 10.3. The van der Waals surface area contributed by atoms with Gasteiger partial charge in [-0.2, -0.15) is 0 Å². The molecular formula is C25H25FN2O2. The fourth-order valence-corrected chi connectivity index (χ4v) is 3.39. The third-order valence-electron chi connectivity index (χ3n) is 4.98. The number of rotatable bonds is 8. The molecule has 0 heterocycles. The highest BCUT2D eigenvalue weighted by atomic mass is 19.1. The predicted octanol–water partition coefficient (Wildman–Crippen LogP) is 4.27. The van der Waals surface area contributed by atoms with E-state index in [2.05, 4.69) is 5.32 Å². The molecule has 0 aliphatic carbocycles. The highest BCUT2D eigenvalue weighted by Crippen LogP contribution is 2.25. The second-order valence-corrected chi connectivity index (χ2v) is 7.06. The van der Waals surface area contributed by atoms with Gasteiger partial charge in [-0.05, 0) is 35.2 Å². The van der Waals surface area contributed by atoms with Crippen molar-refractivity contribution in [1.82, 2.24) is 10.2 Å². The van der Waals surface area contributed by atoms with E-state index in [1.165, 1.54) is 12.1 Å². The van der Waals surface area contributed by atoms with Gasteiger partial charge in [0.1, 0.15) is 11.9 Å². The van der Waals surface area contributed by atoms with Gasteiger partial charge in [-0.25, -0.2) is 4.39 Å². The number of nitrogens with zero attached hydrogens (tertiary/aromatic N) is 1. The number of amides is 2. The fraction of sp³-hybridized carbons (Fsp3) is 0.200. The number of halogens is 1. The van der Waals surface area contributed by atoms with Crippen LogP contribution in [0.1, 0.15) is 29.2 Å². The van der Waals surface area contributed by atoms with E-state index in [0.29, 0.717) is 6.42 Å². The molecule has 1 atom stereocenters. The van der Waals surface area contributed by atoms with Crippen LogP contribution in [0.5, 0.6) is 0 Å². The van der Waals surface area contributed by atoms with E-state index in [1.54, 1.807) is 24.1 Å². The lowest BCUT2D eigenvalue weighted by molar-refractivity contribution is -0.141. The van der Waals surface area contributed by atoms with Crippen molar-refractivity contribution in [2.45, 2.75) is 25.4 Å². The van der Waals surface area contributed by atoms with Crippen molar-refractivity contribution in [1.29, 1.82) is 0 Å². The highest BCUT2D eigenvalue weighted by molar-refractivity contribution is 5.88. The van der Waals surface area contributed by atoms with Crippen LogP contribution < -0.4 is 5.32 Å². The van der Waals surface area contributed by atoms with Crippen LogP contribution in [0.15, 0.2) is 84.9 Å². The van der Waals surface area contributed by atoms with Crippen LogP contribution in [0.25, 0.3) is 0 Å². The zero-order chi connectivity index (χ0) is 21.3. The Morgan fingerprint density at radius 2 is 1.47 bits per heavy atom. The van der Waals surface area contributed by atoms with Crippen LogP contribution in [0.3, 0.4) is 0 Å². The summed E-state index contributed by atoms with van der Waals surface area (Å²) in [4.78, 5) is 27.7. The van der Waals surface area contributed by atoms with Crippen LogP contribution in [-0.2, 0) is 22.6 Å². The molecule has 2 amide bonds. The van der Waals surface area contributed by atoms with Crippen molar-refractivity contribution in [3.05, 3.63) is 107 Å². The number of nitrogens with one attached hydrogen (secondary N) is 1. The van der Waals surface area contributed by atoms with Crippen LogP contribution in [0.2, 0.25) is 0 Å². The number of benzene rings is 3.